The molecule has 1 N–H and O–H groups in total. The molecule has 1 amide bonds. The van der Waals surface area contributed by atoms with E-state index in [1.54, 1.807) is 13.2 Å². The average molecular weight is 383 g/mol. The van der Waals surface area contributed by atoms with Crippen LogP contribution in [0.3, 0.4) is 0 Å². The Morgan fingerprint density at radius 3 is 2.65 bits per heavy atom. The predicted molar refractivity (Wildman–Crippen MR) is 92.8 cm³/mol. The highest BCUT2D eigenvalue weighted by Gasteiger charge is 2.21. The van der Waals surface area contributed by atoms with Crippen LogP contribution in [0.25, 0.3) is 0 Å². The van der Waals surface area contributed by atoms with Crippen molar-refractivity contribution in [1.82, 2.24) is 5.32 Å². The van der Waals surface area contributed by atoms with Crippen LogP contribution in [0, 0.1) is 0 Å². The van der Waals surface area contributed by atoms with Gasteiger partial charge in [0, 0.05) is 38.2 Å². The van der Waals surface area contributed by atoms with E-state index in [0.29, 0.717) is 24.6 Å². The van der Waals surface area contributed by atoms with Crippen molar-refractivity contribution in [3.05, 3.63) is 28.2 Å². The van der Waals surface area contributed by atoms with Crippen LogP contribution in [0.15, 0.2) is 18.2 Å². The number of anilines is 1. The molecule has 0 aliphatic carbocycles. The van der Waals surface area contributed by atoms with Gasteiger partial charge in [-0.1, -0.05) is 23.2 Å². The van der Waals surface area contributed by atoms with Crippen molar-refractivity contribution in [1.29, 1.82) is 0 Å². The van der Waals surface area contributed by atoms with Gasteiger partial charge >= 0.3 is 0 Å². The molecule has 0 saturated carbocycles. The van der Waals surface area contributed by atoms with Gasteiger partial charge in [-0.3, -0.25) is 9.10 Å². The van der Waals surface area contributed by atoms with Gasteiger partial charge < -0.3 is 10.1 Å². The van der Waals surface area contributed by atoms with Crippen LogP contribution in [0.1, 0.15) is 12.8 Å². The number of nitrogens with zero attached hydrogens (tertiary/aromatic N) is 1. The molecular formula is C14H20Cl2N2O4S. The Morgan fingerprint density at radius 1 is 1.35 bits per heavy atom. The van der Waals surface area contributed by atoms with Crippen molar-refractivity contribution < 1.29 is 17.9 Å². The zero-order chi connectivity index (χ0) is 17.5. The minimum Gasteiger partial charge on any atom is -0.385 e. The number of nitrogens with one attached hydrogen (secondary N) is 1. The highest BCUT2D eigenvalue weighted by molar-refractivity contribution is 7.92. The number of hydrogen-bond acceptors (Lipinski definition) is 4. The molecule has 0 saturated heterocycles. The van der Waals surface area contributed by atoms with Crippen LogP contribution in [0.4, 0.5) is 5.69 Å². The molecule has 1 aromatic carbocycles. The number of carbonyl (C=O) groups is 1. The summed E-state index contributed by atoms with van der Waals surface area (Å²) in [5, 5.41) is 3.32. The van der Waals surface area contributed by atoms with E-state index in [-0.39, 0.29) is 29.6 Å². The van der Waals surface area contributed by atoms with Crippen molar-refractivity contribution >= 4 is 44.8 Å². The fourth-order valence-corrected chi connectivity index (χ4v) is 3.24. The summed E-state index contributed by atoms with van der Waals surface area (Å²) in [6.45, 7) is 1.01. The first-order valence-corrected chi connectivity index (χ1v) is 9.54. The summed E-state index contributed by atoms with van der Waals surface area (Å²) < 4.78 is 29.9. The van der Waals surface area contributed by atoms with E-state index in [9.17, 15) is 13.2 Å². The van der Waals surface area contributed by atoms with E-state index in [4.69, 9.17) is 27.9 Å². The third-order valence-corrected chi connectivity index (χ3v) is 4.70. The topological polar surface area (TPSA) is 75.7 Å². The lowest BCUT2D eigenvalue weighted by molar-refractivity contribution is -0.120. The maximum absolute atomic E-state index is 12.0. The molecule has 0 radical (unpaired) electrons. The molecule has 0 aromatic heterocycles. The smallest absolute Gasteiger partial charge is 0.232 e. The molecule has 1 rings (SSSR count). The number of rotatable bonds is 9. The van der Waals surface area contributed by atoms with Crippen molar-refractivity contribution in [3.63, 3.8) is 0 Å². The highest BCUT2D eigenvalue weighted by Crippen LogP contribution is 2.30. The number of sulfonamides is 1. The molecule has 0 fully saturated rings. The number of halogens is 2. The van der Waals surface area contributed by atoms with Crippen molar-refractivity contribution in [3.8, 4) is 0 Å². The Labute approximate surface area is 146 Å². The van der Waals surface area contributed by atoms with Gasteiger partial charge in [-0.25, -0.2) is 8.42 Å². The lowest BCUT2D eigenvalue weighted by atomic mass is 10.3. The van der Waals surface area contributed by atoms with E-state index in [1.165, 1.54) is 12.1 Å². The van der Waals surface area contributed by atoms with Gasteiger partial charge in [0.1, 0.15) is 0 Å². The maximum atomic E-state index is 12.0. The van der Waals surface area contributed by atoms with Gasteiger partial charge in [0.25, 0.3) is 0 Å². The second kappa shape index (κ2) is 9.32. The van der Waals surface area contributed by atoms with Crippen LogP contribution in [0.5, 0.6) is 0 Å². The van der Waals surface area contributed by atoms with Crippen molar-refractivity contribution in [2.24, 2.45) is 0 Å². The molecule has 1 aromatic rings. The van der Waals surface area contributed by atoms with Gasteiger partial charge in [0.15, 0.2) is 0 Å². The van der Waals surface area contributed by atoms with Crippen molar-refractivity contribution in [2.75, 3.05) is 37.4 Å². The summed E-state index contributed by atoms with van der Waals surface area (Å²) in [5.74, 6) is -0.243. The Morgan fingerprint density at radius 2 is 2.04 bits per heavy atom. The third-order valence-electron chi connectivity index (χ3n) is 2.97. The molecule has 0 heterocycles. The van der Waals surface area contributed by atoms with Gasteiger partial charge in [-0.15, -0.1) is 0 Å². The predicted octanol–water partition coefficient (Wildman–Crippen LogP) is 2.30. The molecule has 23 heavy (non-hydrogen) atoms. The molecule has 0 bridgehead atoms. The second-order valence-electron chi connectivity index (χ2n) is 4.88. The molecule has 9 heteroatoms. The summed E-state index contributed by atoms with van der Waals surface area (Å²) in [5.41, 5.74) is 0.258. The Bertz CT molecular complexity index is 638. The number of benzene rings is 1. The SMILES string of the molecule is COCCCNC(=O)CCN(c1cc(Cl)ccc1Cl)S(C)(=O)=O. The molecular weight excluding hydrogens is 363 g/mol. The molecule has 6 nitrogen and oxygen atoms in total. The van der Waals surface area contributed by atoms with E-state index in [0.717, 1.165) is 10.6 Å². The van der Waals surface area contributed by atoms with Crippen LogP contribution in [-0.4, -0.2) is 47.4 Å². The van der Waals surface area contributed by atoms with Gasteiger partial charge in [-0.05, 0) is 24.6 Å². The number of carbonyl (C=O) groups excluding carboxylic acids is 1. The van der Waals surface area contributed by atoms with Crippen LogP contribution >= 0.6 is 23.2 Å². The first-order valence-electron chi connectivity index (χ1n) is 6.94. The quantitative estimate of drug-likeness (QED) is 0.664. The normalized spacial score (nSPS) is 11.3. The van der Waals surface area contributed by atoms with Gasteiger partial charge in [0.05, 0.1) is 17.0 Å². The fourth-order valence-electron chi connectivity index (χ4n) is 1.88. The average Bonchev–Trinajstić information content (AvgIpc) is 2.46. The van der Waals surface area contributed by atoms with E-state index >= 15 is 0 Å². The molecule has 0 unspecified atom stereocenters. The summed E-state index contributed by atoms with van der Waals surface area (Å²) in [6.07, 6.45) is 1.77. The van der Waals surface area contributed by atoms with Crippen LogP contribution in [-0.2, 0) is 19.6 Å². The zero-order valence-electron chi connectivity index (χ0n) is 13.0. The molecule has 0 aliphatic heterocycles. The minimum absolute atomic E-state index is 0.0168. The molecule has 130 valence electrons. The molecule has 0 aliphatic rings. The number of methoxy groups -OCH3 is 1. The number of amides is 1. The Balaban J connectivity index is 2.74. The monoisotopic (exact) mass is 382 g/mol. The minimum atomic E-state index is -3.59. The summed E-state index contributed by atoms with van der Waals surface area (Å²) in [6, 6.07) is 4.54. The largest absolute Gasteiger partial charge is 0.385 e. The number of ether oxygens (including phenoxy) is 1. The highest BCUT2D eigenvalue weighted by atomic mass is 35.5. The van der Waals surface area contributed by atoms with Crippen LogP contribution < -0.4 is 9.62 Å². The first-order chi connectivity index (χ1) is 10.8. The molecule has 0 spiro atoms. The summed E-state index contributed by atoms with van der Waals surface area (Å²) in [7, 11) is -2.01. The van der Waals surface area contributed by atoms with E-state index in [1.807, 2.05) is 0 Å². The van der Waals surface area contributed by atoms with Gasteiger partial charge in [0.2, 0.25) is 15.9 Å². The lowest BCUT2D eigenvalue weighted by Crippen LogP contribution is -2.35. The number of hydrogen-bond donors (Lipinski definition) is 1. The second-order valence-corrected chi connectivity index (χ2v) is 7.63. The zero-order valence-corrected chi connectivity index (χ0v) is 15.3. The van der Waals surface area contributed by atoms with Crippen LogP contribution in [0.2, 0.25) is 10.0 Å². The molecule has 0 atom stereocenters. The maximum Gasteiger partial charge on any atom is 0.232 e. The first kappa shape index (κ1) is 20.0. The fraction of sp³-hybridized carbons (Fsp3) is 0.500. The lowest BCUT2D eigenvalue weighted by Gasteiger charge is -2.23. The third kappa shape index (κ3) is 6.95. The van der Waals surface area contributed by atoms with E-state index in [2.05, 4.69) is 5.32 Å². The van der Waals surface area contributed by atoms with E-state index < -0.39 is 10.0 Å². The summed E-state index contributed by atoms with van der Waals surface area (Å²) >= 11 is 12.0. The van der Waals surface area contributed by atoms with Gasteiger partial charge in [-0.2, -0.15) is 0 Å². The van der Waals surface area contributed by atoms with Crippen molar-refractivity contribution in [2.45, 2.75) is 12.8 Å². The standard InChI is InChI=1S/C14H20Cl2N2O4S/c1-22-9-3-7-17-14(19)6-8-18(23(2,20)21)13-10-11(15)4-5-12(13)16/h4-5,10H,3,6-9H2,1-2H3,(H,17,19). The Kier molecular flexibility index (Phi) is 8.11. The summed E-state index contributed by atoms with van der Waals surface area (Å²) in [4.78, 5) is 11.8. The Hall–Kier alpha value is -1.02.